The van der Waals surface area contributed by atoms with E-state index in [1.54, 1.807) is 0 Å². The molecule has 0 aromatic heterocycles. The van der Waals surface area contributed by atoms with Crippen LogP contribution in [0.15, 0.2) is 18.2 Å². The molecule has 2 amide bonds. The van der Waals surface area contributed by atoms with Crippen LogP contribution in [0.3, 0.4) is 0 Å². The van der Waals surface area contributed by atoms with Gasteiger partial charge in [-0.3, -0.25) is 14.5 Å². The van der Waals surface area contributed by atoms with Gasteiger partial charge < -0.3 is 10.1 Å². The predicted octanol–water partition coefficient (Wildman–Crippen LogP) is 1.64. The van der Waals surface area contributed by atoms with Crippen LogP contribution in [0.4, 0.5) is 5.69 Å². The topological polar surface area (TPSA) is 58.6 Å². The third kappa shape index (κ3) is 3.10. The van der Waals surface area contributed by atoms with Crippen LogP contribution in [0, 0.1) is 6.92 Å². The molecule has 1 aliphatic heterocycles. The van der Waals surface area contributed by atoms with Crippen LogP contribution in [0.1, 0.15) is 25.8 Å². The Bertz CT molecular complexity index is 528. The fourth-order valence-corrected chi connectivity index (χ4v) is 2.05. The first-order chi connectivity index (χ1) is 9.51. The molecule has 1 aliphatic rings. The summed E-state index contributed by atoms with van der Waals surface area (Å²) in [6, 6.07) is 5.72. The van der Waals surface area contributed by atoms with Crippen molar-refractivity contribution in [2.24, 2.45) is 0 Å². The zero-order valence-corrected chi connectivity index (χ0v) is 12.1. The predicted molar refractivity (Wildman–Crippen MR) is 76.9 cm³/mol. The number of benzene rings is 1. The lowest BCUT2D eigenvalue weighted by Gasteiger charge is -2.29. The molecule has 5 heteroatoms. The molecule has 0 radical (unpaired) electrons. The summed E-state index contributed by atoms with van der Waals surface area (Å²) >= 11 is 0. The third-order valence-corrected chi connectivity index (χ3v) is 3.38. The van der Waals surface area contributed by atoms with Crippen molar-refractivity contribution in [2.75, 3.05) is 18.1 Å². The van der Waals surface area contributed by atoms with E-state index in [2.05, 4.69) is 5.32 Å². The normalized spacial score (nSPS) is 15.3. The van der Waals surface area contributed by atoms with Crippen molar-refractivity contribution in [1.29, 1.82) is 0 Å². The molecule has 1 aromatic rings. The summed E-state index contributed by atoms with van der Waals surface area (Å²) in [5.41, 5.74) is 1.69. The van der Waals surface area contributed by atoms with E-state index >= 15 is 0 Å². The summed E-state index contributed by atoms with van der Waals surface area (Å²) < 4.78 is 5.38. The molecule has 1 heterocycles. The lowest BCUT2D eigenvalue weighted by Crippen LogP contribution is -2.46. The number of carbonyl (C=O) groups is 2. The number of nitrogens with zero attached hydrogens (tertiary/aromatic N) is 1. The molecular weight excluding hydrogens is 256 g/mol. The lowest BCUT2D eigenvalue weighted by atomic mass is 10.1. The fourth-order valence-electron chi connectivity index (χ4n) is 2.05. The van der Waals surface area contributed by atoms with Crippen molar-refractivity contribution in [2.45, 2.75) is 33.2 Å². The smallest absolute Gasteiger partial charge is 0.265 e. The van der Waals surface area contributed by atoms with Crippen LogP contribution >= 0.6 is 0 Å². The molecular formula is C15H20N2O3. The maximum absolute atomic E-state index is 12.0. The minimum absolute atomic E-state index is 0.0212. The number of rotatable bonds is 4. The molecule has 20 heavy (non-hydrogen) atoms. The van der Waals surface area contributed by atoms with Gasteiger partial charge in [-0.2, -0.15) is 0 Å². The van der Waals surface area contributed by atoms with Gasteiger partial charge in [-0.25, -0.2) is 0 Å². The van der Waals surface area contributed by atoms with Crippen LogP contribution < -0.4 is 15.0 Å². The number of hydrogen-bond donors (Lipinski definition) is 1. The number of ether oxygens (including phenoxy) is 1. The highest BCUT2D eigenvalue weighted by Crippen LogP contribution is 2.32. The first-order valence-corrected chi connectivity index (χ1v) is 6.84. The summed E-state index contributed by atoms with van der Waals surface area (Å²) in [4.78, 5) is 25.4. The van der Waals surface area contributed by atoms with Crippen molar-refractivity contribution in [3.63, 3.8) is 0 Å². The van der Waals surface area contributed by atoms with Crippen LogP contribution in [0.25, 0.3) is 0 Å². The van der Waals surface area contributed by atoms with Gasteiger partial charge in [-0.05, 0) is 38.0 Å². The highest BCUT2D eigenvalue weighted by atomic mass is 16.5. The van der Waals surface area contributed by atoms with Gasteiger partial charge in [-0.15, -0.1) is 0 Å². The number of anilines is 1. The van der Waals surface area contributed by atoms with Gasteiger partial charge in [0.25, 0.3) is 5.91 Å². The number of amides is 2. The van der Waals surface area contributed by atoms with Gasteiger partial charge in [0.1, 0.15) is 12.3 Å². The fraction of sp³-hybridized carbons (Fsp3) is 0.467. The second-order valence-corrected chi connectivity index (χ2v) is 5.12. The van der Waals surface area contributed by atoms with Crippen molar-refractivity contribution in [3.05, 3.63) is 23.8 Å². The monoisotopic (exact) mass is 276 g/mol. The number of nitrogens with one attached hydrogen (secondary N) is 1. The summed E-state index contributed by atoms with van der Waals surface area (Å²) in [6.07, 6.45) is 0.860. The molecule has 0 fully saturated rings. The number of carbonyl (C=O) groups excluding carboxylic acids is 2. The summed E-state index contributed by atoms with van der Waals surface area (Å²) in [7, 11) is 0. The first-order valence-electron chi connectivity index (χ1n) is 6.84. The Labute approximate surface area is 118 Å². The molecule has 1 N–H and O–H groups in total. The van der Waals surface area contributed by atoms with Gasteiger partial charge in [0.2, 0.25) is 5.91 Å². The van der Waals surface area contributed by atoms with E-state index in [1.165, 1.54) is 4.90 Å². The lowest BCUT2D eigenvalue weighted by molar-refractivity contribution is -0.125. The number of fused-ring (bicyclic) bond motifs is 1. The SMILES string of the molecule is CCC(C)NC(=O)CN1C(=O)COc2ccc(C)cc21. The van der Waals surface area contributed by atoms with E-state index in [-0.39, 0.29) is 31.0 Å². The molecule has 0 spiro atoms. The molecule has 2 rings (SSSR count). The van der Waals surface area contributed by atoms with Crippen LogP contribution in [-0.4, -0.2) is 31.0 Å². The molecule has 0 saturated heterocycles. The first kappa shape index (κ1) is 14.4. The zero-order chi connectivity index (χ0) is 14.7. The van der Waals surface area contributed by atoms with E-state index in [0.717, 1.165) is 12.0 Å². The summed E-state index contributed by atoms with van der Waals surface area (Å²) in [6.45, 7) is 5.90. The molecule has 108 valence electrons. The van der Waals surface area contributed by atoms with E-state index in [4.69, 9.17) is 4.74 Å². The Hall–Kier alpha value is -2.04. The Morgan fingerprint density at radius 3 is 2.95 bits per heavy atom. The van der Waals surface area contributed by atoms with Crippen molar-refractivity contribution in [1.82, 2.24) is 5.32 Å². The van der Waals surface area contributed by atoms with Crippen LogP contribution in [-0.2, 0) is 9.59 Å². The van der Waals surface area contributed by atoms with Gasteiger partial charge >= 0.3 is 0 Å². The Balaban J connectivity index is 2.17. The van der Waals surface area contributed by atoms with Gasteiger partial charge in [0.05, 0.1) is 5.69 Å². The number of hydrogen-bond acceptors (Lipinski definition) is 3. The third-order valence-electron chi connectivity index (χ3n) is 3.38. The van der Waals surface area contributed by atoms with E-state index in [9.17, 15) is 9.59 Å². The molecule has 0 saturated carbocycles. The maximum Gasteiger partial charge on any atom is 0.265 e. The number of aryl methyl sites for hydroxylation is 1. The van der Waals surface area contributed by atoms with E-state index in [1.807, 2.05) is 39.0 Å². The average molecular weight is 276 g/mol. The molecule has 1 unspecified atom stereocenters. The van der Waals surface area contributed by atoms with Crippen molar-refractivity contribution >= 4 is 17.5 Å². The van der Waals surface area contributed by atoms with E-state index < -0.39 is 0 Å². The Morgan fingerprint density at radius 2 is 2.25 bits per heavy atom. The second-order valence-electron chi connectivity index (χ2n) is 5.12. The minimum atomic E-state index is -0.192. The summed E-state index contributed by atoms with van der Waals surface area (Å²) in [5.74, 6) is 0.302. The van der Waals surface area contributed by atoms with Crippen molar-refractivity contribution < 1.29 is 14.3 Å². The highest BCUT2D eigenvalue weighted by molar-refractivity contribution is 6.02. The van der Waals surface area contributed by atoms with Crippen LogP contribution in [0.5, 0.6) is 5.75 Å². The minimum Gasteiger partial charge on any atom is -0.482 e. The maximum atomic E-state index is 12.0. The average Bonchev–Trinajstić information content (AvgIpc) is 2.42. The summed E-state index contributed by atoms with van der Waals surface area (Å²) in [5, 5.41) is 2.87. The van der Waals surface area contributed by atoms with Gasteiger partial charge in [0.15, 0.2) is 6.61 Å². The Kier molecular flexibility index (Phi) is 4.27. The quantitative estimate of drug-likeness (QED) is 0.909. The molecule has 1 atom stereocenters. The molecule has 0 bridgehead atoms. The largest absolute Gasteiger partial charge is 0.482 e. The van der Waals surface area contributed by atoms with E-state index in [0.29, 0.717) is 11.4 Å². The van der Waals surface area contributed by atoms with Gasteiger partial charge in [-0.1, -0.05) is 13.0 Å². The standard InChI is InChI=1S/C15H20N2O3/c1-4-11(3)16-14(18)8-17-12-7-10(2)5-6-13(12)20-9-15(17)19/h5-7,11H,4,8-9H2,1-3H3,(H,16,18). The zero-order valence-electron chi connectivity index (χ0n) is 12.1. The Morgan fingerprint density at radius 1 is 1.50 bits per heavy atom. The second kappa shape index (κ2) is 5.94. The van der Waals surface area contributed by atoms with Gasteiger partial charge in [0, 0.05) is 6.04 Å². The van der Waals surface area contributed by atoms with Crippen LogP contribution in [0.2, 0.25) is 0 Å². The van der Waals surface area contributed by atoms with Crippen molar-refractivity contribution in [3.8, 4) is 5.75 Å². The molecule has 1 aromatic carbocycles. The molecule has 5 nitrogen and oxygen atoms in total. The molecule has 0 aliphatic carbocycles. The highest BCUT2D eigenvalue weighted by Gasteiger charge is 2.27.